The van der Waals surface area contributed by atoms with Crippen LogP contribution in [-0.2, 0) is 13.5 Å². The third-order valence-corrected chi connectivity index (χ3v) is 4.09. The summed E-state index contributed by atoms with van der Waals surface area (Å²) in [6.07, 6.45) is 2.44. The van der Waals surface area contributed by atoms with Gasteiger partial charge in [0.05, 0.1) is 0 Å². The van der Waals surface area contributed by atoms with Crippen LogP contribution in [0.2, 0.25) is 0 Å². The van der Waals surface area contributed by atoms with Gasteiger partial charge in [-0.05, 0) is 37.1 Å². The van der Waals surface area contributed by atoms with Gasteiger partial charge in [-0.2, -0.15) is 0 Å². The number of amides is 1. The van der Waals surface area contributed by atoms with Crippen LogP contribution in [-0.4, -0.2) is 22.0 Å². The van der Waals surface area contributed by atoms with Crippen LogP contribution in [0.25, 0.3) is 10.9 Å². The number of aromatic nitrogens is 2. The predicted octanol–water partition coefficient (Wildman–Crippen LogP) is 2.85. The zero-order chi connectivity index (χ0) is 15.5. The van der Waals surface area contributed by atoms with E-state index < -0.39 is 0 Å². The molecule has 22 heavy (non-hydrogen) atoms. The van der Waals surface area contributed by atoms with Gasteiger partial charge in [0.1, 0.15) is 5.69 Å². The molecule has 2 aromatic heterocycles. The molecule has 0 saturated heterocycles. The number of aryl methyl sites for hydroxylation is 1. The monoisotopic (exact) mass is 293 g/mol. The first-order valence-corrected chi connectivity index (χ1v) is 7.40. The SMILES string of the molecule is Cc1c(CCNC(=O)c2ccccn2)c2ccccc2n1C. The summed E-state index contributed by atoms with van der Waals surface area (Å²) in [5.41, 5.74) is 4.22. The zero-order valence-electron chi connectivity index (χ0n) is 12.8. The Morgan fingerprint density at radius 3 is 2.73 bits per heavy atom. The average Bonchev–Trinajstić information content (AvgIpc) is 2.81. The molecule has 0 aliphatic carbocycles. The van der Waals surface area contributed by atoms with E-state index in [1.54, 1.807) is 18.3 Å². The van der Waals surface area contributed by atoms with E-state index in [9.17, 15) is 4.79 Å². The smallest absolute Gasteiger partial charge is 0.269 e. The van der Waals surface area contributed by atoms with Crippen molar-refractivity contribution in [2.75, 3.05) is 6.54 Å². The van der Waals surface area contributed by atoms with E-state index in [-0.39, 0.29) is 5.91 Å². The third kappa shape index (κ3) is 2.60. The van der Waals surface area contributed by atoms with Crippen molar-refractivity contribution in [1.29, 1.82) is 0 Å². The Balaban J connectivity index is 1.72. The van der Waals surface area contributed by atoms with Crippen molar-refractivity contribution >= 4 is 16.8 Å². The van der Waals surface area contributed by atoms with Crippen molar-refractivity contribution in [2.45, 2.75) is 13.3 Å². The van der Waals surface area contributed by atoms with Crippen LogP contribution < -0.4 is 5.32 Å². The number of fused-ring (bicyclic) bond motifs is 1. The van der Waals surface area contributed by atoms with Gasteiger partial charge in [0.25, 0.3) is 5.91 Å². The summed E-state index contributed by atoms with van der Waals surface area (Å²) >= 11 is 0. The Kier molecular flexibility index (Phi) is 3.92. The minimum atomic E-state index is -0.126. The molecular weight excluding hydrogens is 274 g/mol. The molecule has 2 heterocycles. The van der Waals surface area contributed by atoms with Gasteiger partial charge in [-0.15, -0.1) is 0 Å². The van der Waals surface area contributed by atoms with Crippen LogP contribution in [0.4, 0.5) is 0 Å². The number of benzene rings is 1. The quantitative estimate of drug-likeness (QED) is 0.804. The van der Waals surface area contributed by atoms with Crippen molar-refractivity contribution in [3.8, 4) is 0 Å². The van der Waals surface area contributed by atoms with E-state index in [0.29, 0.717) is 12.2 Å². The molecule has 4 heteroatoms. The summed E-state index contributed by atoms with van der Waals surface area (Å²) in [4.78, 5) is 16.1. The van der Waals surface area contributed by atoms with E-state index in [2.05, 4.69) is 53.1 Å². The van der Waals surface area contributed by atoms with Crippen molar-refractivity contribution < 1.29 is 4.79 Å². The molecule has 1 amide bonds. The van der Waals surface area contributed by atoms with E-state index in [4.69, 9.17) is 0 Å². The summed E-state index contributed by atoms with van der Waals surface area (Å²) in [6, 6.07) is 13.7. The fourth-order valence-corrected chi connectivity index (χ4v) is 2.80. The third-order valence-electron chi connectivity index (χ3n) is 4.09. The maximum absolute atomic E-state index is 12.0. The van der Waals surface area contributed by atoms with Crippen LogP contribution >= 0.6 is 0 Å². The number of hydrogen-bond donors (Lipinski definition) is 1. The van der Waals surface area contributed by atoms with Gasteiger partial charge in [-0.25, -0.2) is 0 Å². The zero-order valence-corrected chi connectivity index (χ0v) is 12.8. The second kappa shape index (κ2) is 6.02. The summed E-state index contributed by atoms with van der Waals surface area (Å²) in [7, 11) is 2.08. The first kappa shape index (κ1) is 14.3. The van der Waals surface area contributed by atoms with E-state index in [0.717, 1.165) is 6.42 Å². The summed E-state index contributed by atoms with van der Waals surface area (Å²) in [5, 5.41) is 4.20. The summed E-state index contributed by atoms with van der Waals surface area (Å²) in [6.45, 7) is 2.72. The second-order valence-corrected chi connectivity index (χ2v) is 5.36. The van der Waals surface area contributed by atoms with Crippen molar-refractivity contribution in [3.63, 3.8) is 0 Å². The number of para-hydroxylation sites is 1. The second-order valence-electron chi connectivity index (χ2n) is 5.36. The molecule has 4 nitrogen and oxygen atoms in total. The van der Waals surface area contributed by atoms with Crippen LogP contribution in [0, 0.1) is 6.92 Å². The molecule has 3 rings (SSSR count). The van der Waals surface area contributed by atoms with Gasteiger partial charge in [-0.1, -0.05) is 24.3 Å². The summed E-state index contributed by atoms with van der Waals surface area (Å²) in [5.74, 6) is -0.126. The molecule has 0 saturated carbocycles. The normalized spacial score (nSPS) is 10.8. The number of pyridine rings is 1. The van der Waals surface area contributed by atoms with E-state index in [1.165, 1.54) is 22.2 Å². The highest BCUT2D eigenvalue weighted by Crippen LogP contribution is 2.24. The predicted molar refractivity (Wildman–Crippen MR) is 87.9 cm³/mol. The van der Waals surface area contributed by atoms with Gasteiger partial charge < -0.3 is 9.88 Å². The standard InChI is InChI=1S/C18H19N3O/c1-13-14(15-7-3-4-9-17(15)21(13)2)10-12-20-18(22)16-8-5-6-11-19-16/h3-9,11H,10,12H2,1-2H3,(H,20,22). The molecule has 0 radical (unpaired) electrons. The first-order valence-electron chi connectivity index (χ1n) is 7.40. The van der Waals surface area contributed by atoms with Crippen LogP contribution in [0.3, 0.4) is 0 Å². The number of carbonyl (C=O) groups excluding carboxylic acids is 1. The van der Waals surface area contributed by atoms with Crippen LogP contribution in [0.5, 0.6) is 0 Å². The molecule has 1 N–H and O–H groups in total. The minimum absolute atomic E-state index is 0.126. The Hall–Kier alpha value is -2.62. The number of carbonyl (C=O) groups is 1. The van der Waals surface area contributed by atoms with E-state index >= 15 is 0 Å². The molecule has 3 aromatic rings. The van der Waals surface area contributed by atoms with Gasteiger partial charge >= 0.3 is 0 Å². The van der Waals surface area contributed by atoms with Gasteiger partial charge in [0.2, 0.25) is 0 Å². The molecule has 0 aliphatic rings. The molecule has 0 unspecified atom stereocenters. The first-order chi connectivity index (χ1) is 10.7. The fourth-order valence-electron chi connectivity index (χ4n) is 2.80. The number of hydrogen-bond acceptors (Lipinski definition) is 2. The molecule has 1 aromatic carbocycles. The maximum Gasteiger partial charge on any atom is 0.269 e. The van der Waals surface area contributed by atoms with Gasteiger partial charge in [-0.3, -0.25) is 9.78 Å². The Bertz CT molecular complexity index is 806. The topological polar surface area (TPSA) is 46.9 Å². The Morgan fingerprint density at radius 1 is 1.18 bits per heavy atom. The molecule has 112 valence electrons. The highest BCUT2D eigenvalue weighted by Gasteiger charge is 2.12. The van der Waals surface area contributed by atoms with Crippen molar-refractivity contribution in [3.05, 3.63) is 65.6 Å². The molecule has 0 spiro atoms. The lowest BCUT2D eigenvalue weighted by atomic mass is 10.1. The van der Waals surface area contributed by atoms with Gasteiger partial charge in [0.15, 0.2) is 0 Å². The Morgan fingerprint density at radius 2 is 1.95 bits per heavy atom. The molecule has 0 bridgehead atoms. The highest BCUT2D eigenvalue weighted by atomic mass is 16.1. The molecular formula is C18H19N3O. The largest absolute Gasteiger partial charge is 0.350 e. The number of nitrogens with zero attached hydrogens (tertiary/aromatic N) is 2. The number of rotatable bonds is 4. The molecule has 0 aliphatic heterocycles. The van der Waals surface area contributed by atoms with Crippen LogP contribution in [0.15, 0.2) is 48.7 Å². The van der Waals surface area contributed by atoms with Gasteiger partial charge in [0, 0.05) is 36.4 Å². The number of nitrogens with one attached hydrogen (secondary N) is 1. The van der Waals surface area contributed by atoms with Crippen molar-refractivity contribution in [2.24, 2.45) is 7.05 Å². The lowest BCUT2D eigenvalue weighted by Crippen LogP contribution is -2.26. The van der Waals surface area contributed by atoms with E-state index in [1.807, 2.05) is 6.07 Å². The lowest BCUT2D eigenvalue weighted by Gasteiger charge is -2.05. The lowest BCUT2D eigenvalue weighted by molar-refractivity contribution is 0.0949. The van der Waals surface area contributed by atoms with Crippen LogP contribution in [0.1, 0.15) is 21.7 Å². The fraction of sp³-hybridized carbons (Fsp3) is 0.222. The Labute approximate surface area is 129 Å². The molecule has 0 atom stereocenters. The highest BCUT2D eigenvalue weighted by molar-refractivity contribution is 5.92. The van der Waals surface area contributed by atoms with Crippen molar-refractivity contribution in [1.82, 2.24) is 14.9 Å². The summed E-state index contributed by atoms with van der Waals surface area (Å²) < 4.78 is 2.20. The molecule has 0 fully saturated rings. The minimum Gasteiger partial charge on any atom is -0.350 e. The maximum atomic E-state index is 12.0. The average molecular weight is 293 g/mol.